The molecular weight excluding hydrogens is 302 g/mol. The van der Waals surface area contributed by atoms with Gasteiger partial charge in [0.05, 0.1) is 5.56 Å². The number of anilines is 2. The van der Waals surface area contributed by atoms with Crippen LogP contribution in [0.15, 0.2) is 60.9 Å². The number of carbonyl (C=O) groups excluding carboxylic acids is 2. The zero-order chi connectivity index (χ0) is 16.8. The maximum atomic E-state index is 12.3. The van der Waals surface area contributed by atoms with Gasteiger partial charge in [-0.25, -0.2) is 0 Å². The van der Waals surface area contributed by atoms with Crippen molar-refractivity contribution in [3.63, 3.8) is 0 Å². The highest BCUT2D eigenvalue weighted by molar-refractivity contribution is 6.04. The third kappa shape index (κ3) is 4.07. The number of carbonyl (C=O) groups is 2. The molecule has 3 rings (SSSR count). The van der Waals surface area contributed by atoms with Crippen molar-refractivity contribution >= 4 is 23.2 Å². The van der Waals surface area contributed by atoms with Gasteiger partial charge in [0.25, 0.3) is 5.91 Å². The first-order valence-electron chi connectivity index (χ1n) is 8.00. The molecule has 2 amide bonds. The zero-order valence-electron chi connectivity index (χ0n) is 13.2. The van der Waals surface area contributed by atoms with E-state index in [-0.39, 0.29) is 17.7 Å². The second kappa shape index (κ2) is 7.55. The number of nitrogens with one attached hydrogen (secondary N) is 2. The first-order valence-corrected chi connectivity index (χ1v) is 8.00. The van der Waals surface area contributed by atoms with Crippen LogP contribution in [-0.2, 0) is 4.79 Å². The zero-order valence-corrected chi connectivity index (χ0v) is 13.2. The number of benzene rings is 1. The molecule has 5 nitrogen and oxygen atoms in total. The van der Waals surface area contributed by atoms with E-state index in [1.165, 1.54) is 6.20 Å². The van der Waals surface area contributed by atoms with Gasteiger partial charge in [-0.2, -0.15) is 0 Å². The van der Waals surface area contributed by atoms with Gasteiger partial charge in [-0.1, -0.05) is 18.2 Å². The third-order valence-corrected chi connectivity index (χ3v) is 3.95. The minimum atomic E-state index is -0.232. The molecule has 0 saturated heterocycles. The number of amides is 2. The molecule has 0 unspecified atom stereocenters. The van der Waals surface area contributed by atoms with Crippen LogP contribution in [0.1, 0.15) is 29.6 Å². The molecule has 0 fully saturated rings. The number of aromatic nitrogens is 1. The molecule has 0 aliphatic heterocycles. The number of rotatable bonds is 4. The fourth-order valence-electron chi connectivity index (χ4n) is 2.65. The Morgan fingerprint density at radius 1 is 1.04 bits per heavy atom. The first-order chi connectivity index (χ1) is 11.7. The van der Waals surface area contributed by atoms with Gasteiger partial charge in [0.1, 0.15) is 0 Å². The Kier molecular flexibility index (Phi) is 5.01. The predicted octanol–water partition coefficient (Wildman–Crippen LogP) is 3.63. The molecule has 1 aromatic heterocycles. The fraction of sp³-hybridized carbons (Fsp3) is 0.211. The lowest BCUT2D eigenvalue weighted by atomic mass is 9.93. The lowest BCUT2D eigenvalue weighted by Crippen LogP contribution is -2.23. The highest BCUT2D eigenvalue weighted by atomic mass is 16.2. The molecule has 122 valence electrons. The van der Waals surface area contributed by atoms with Crippen LogP contribution in [0.5, 0.6) is 0 Å². The fourth-order valence-corrected chi connectivity index (χ4v) is 2.65. The molecule has 1 aliphatic carbocycles. The van der Waals surface area contributed by atoms with E-state index in [2.05, 4.69) is 27.8 Å². The molecule has 1 aliphatic rings. The van der Waals surface area contributed by atoms with Crippen LogP contribution in [0.2, 0.25) is 0 Å². The van der Waals surface area contributed by atoms with E-state index in [4.69, 9.17) is 0 Å². The monoisotopic (exact) mass is 321 g/mol. The second-order valence-corrected chi connectivity index (χ2v) is 5.75. The standard InChI is InChI=1S/C19H19N3O2/c23-18(14-6-2-1-3-7-14)21-16-9-4-10-17(12-16)22-19(24)15-8-5-11-20-13-15/h1-2,4-5,8-14H,3,6-7H2,(H,21,23)(H,22,24)/t14-/m1/s1. The van der Waals surface area contributed by atoms with Crippen LogP contribution in [0.3, 0.4) is 0 Å². The Hall–Kier alpha value is -2.95. The summed E-state index contributed by atoms with van der Waals surface area (Å²) < 4.78 is 0. The molecule has 5 heteroatoms. The molecule has 24 heavy (non-hydrogen) atoms. The van der Waals surface area contributed by atoms with E-state index >= 15 is 0 Å². The highest BCUT2D eigenvalue weighted by Crippen LogP contribution is 2.22. The minimum absolute atomic E-state index is 0.0173. The number of hydrogen-bond donors (Lipinski definition) is 2. The molecule has 0 radical (unpaired) electrons. The first kappa shape index (κ1) is 15.9. The highest BCUT2D eigenvalue weighted by Gasteiger charge is 2.18. The van der Waals surface area contributed by atoms with Gasteiger partial charge in [-0.05, 0) is 49.6 Å². The molecule has 0 spiro atoms. The van der Waals surface area contributed by atoms with Crippen LogP contribution in [-0.4, -0.2) is 16.8 Å². The number of nitrogens with zero attached hydrogens (tertiary/aromatic N) is 1. The van der Waals surface area contributed by atoms with Crippen molar-refractivity contribution in [2.45, 2.75) is 19.3 Å². The van der Waals surface area contributed by atoms with Crippen LogP contribution < -0.4 is 10.6 Å². The van der Waals surface area contributed by atoms with Gasteiger partial charge in [-0.15, -0.1) is 0 Å². The van der Waals surface area contributed by atoms with Crippen molar-refractivity contribution in [3.05, 3.63) is 66.5 Å². The van der Waals surface area contributed by atoms with Crippen LogP contribution >= 0.6 is 0 Å². The van der Waals surface area contributed by atoms with E-state index in [1.807, 2.05) is 6.07 Å². The summed E-state index contributed by atoms with van der Waals surface area (Å²) >= 11 is 0. The average Bonchev–Trinajstić information content (AvgIpc) is 2.63. The van der Waals surface area contributed by atoms with Crippen LogP contribution in [0.4, 0.5) is 11.4 Å². The van der Waals surface area contributed by atoms with Crippen LogP contribution in [0.25, 0.3) is 0 Å². The third-order valence-electron chi connectivity index (χ3n) is 3.95. The van der Waals surface area contributed by atoms with E-state index < -0.39 is 0 Å². The van der Waals surface area contributed by atoms with Gasteiger partial charge in [0.15, 0.2) is 0 Å². The molecule has 2 aromatic rings. The summed E-state index contributed by atoms with van der Waals surface area (Å²) in [6, 6.07) is 10.6. The summed E-state index contributed by atoms with van der Waals surface area (Å²) in [4.78, 5) is 28.4. The van der Waals surface area contributed by atoms with Crippen molar-refractivity contribution in [2.24, 2.45) is 5.92 Å². The number of hydrogen-bond acceptors (Lipinski definition) is 3. The Morgan fingerprint density at radius 2 is 1.88 bits per heavy atom. The number of allylic oxidation sites excluding steroid dienone is 2. The molecule has 1 atom stereocenters. The number of pyridine rings is 1. The van der Waals surface area contributed by atoms with Crippen LogP contribution in [0, 0.1) is 5.92 Å². The van der Waals surface area contributed by atoms with E-state index in [1.54, 1.807) is 36.5 Å². The Balaban J connectivity index is 1.64. The smallest absolute Gasteiger partial charge is 0.257 e. The molecule has 2 N–H and O–H groups in total. The van der Waals surface area contributed by atoms with Crippen molar-refractivity contribution in [2.75, 3.05) is 10.6 Å². The summed E-state index contributed by atoms with van der Waals surface area (Å²) in [7, 11) is 0. The van der Waals surface area contributed by atoms with Crippen molar-refractivity contribution in [1.29, 1.82) is 0 Å². The summed E-state index contributed by atoms with van der Waals surface area (Å²) in [5.41, 5.74) is 1.80. The topological polar surface area (TPSA) is 71.1 Å². The van der Waals surface area contributed by atoms with Gasteiger partial charge < -0.3 is 10.6 Å². The average molecular weight is 321 g/mol. The normalized spacial score (nSPS) is 16.4. The summed E-state index contributed by atoms with van der Waals surface area (Å²) in [5.74, 6) is -0.192. The Morgan fingerprint density at radius 3 is 2.58 bits per heavy atom. The maximum Gasteiger partial charge on any atom is 0.257 e. The Labute approximate surface area is 140 Å². The summed E-state index contributed by atoms with van der Waals surface area (Å²) in [6.45, 7) is 0. The molecule has 1 heterocycles. The molecule has 0 bridgehead atoms. The Bertz CT molecular complexity index is 756. The van der Waals surface area contributed by atoms with Gasteiger partial charge >= 0.3 is 0 Å². The van der Waals surface area contributed by atoms with Crippen molar-refractivity contribution in [3.8, 4) is 0 Å². The molecular formula is C19H19N3O2. The SMILES string of the molecule is O=C(Nc1cccc(NC(=O)[C@@H]2CC=CCC2)c1)c1cccnc1. The van der Waals surface area contributed by atoms with E-state index in [0.717, 1.165) is 19.3 Å². The van der Waals surface area contributed by atoms with E-state index in [0.29, 0.717) is 16.9 Å². The lowest BCUT2D eigenvalue weighted by molar-refractivity contribution is -0.120. The second-order valence-electron chi connectivity index (χ2n) is 5.75. The van der Waals surface area contributed by atoms with Crippen molar-refractivity contribution < 1.29 is 9.59 Å². The molecule has 0 saturated carbocycles. The van der Waals surface area contributed by atoms with E-state index in [9.17, 15) is 9.59 Å². The van der Waals surface area contributed by atoms with Gasteiger partial charge in [0, 0.05) is 29.7 Å². The lowest BCUT2D eigenvalue weighted by Gasteiger charge is -2.17. The summed E-state index contributed by atoms with van der Waals surface area (Å²) in [6.07, 6.45) is 9.89. The van der Waals surface area contributed by atoms with Gasteiger partial charge in [0.2, 0.25) is 5.91 Å². The van der Waals surface area contributed by atoms with Crippen molar-refractivity contribution in [1.82, 2.24) is 4.98 Å². The summed E-state index contributed by atoms with van der Waals surface area (Å²) in [5, 5.41) is 5.74. The molecule has 1 aromatic carbocycles. The minimum Gasteiger partial charge on any atom is -0.326 e. The largest absolute Gasteiger partial charge is 0.326 e. The van der Waals surface area contributed by atoms with Gasteiger partial charge in [-0.3, -0.25) is 14.6 Å². The predicted molar refractivity (Wildman–Crippen MR) is 93.7 cm³/mol. The quantitative estimate of drug-likeness (QED) is 0.845. The maximum absolute atomic E-state index is 12.3.